The number of nitrogens with one attached hydrogen (secondary N) is 1. The van der Waals surface area contributed by atoms with Gasteiger partial charge in [-0.2, -0.15) is 0 Å². The Morgan fingerprint density at radius 2 is 1.89 bits per heavy atom. The number of hydrogen-bond donors (Lipinski definition) is 1. The maximum atomic E-state index is 16.2. The highest BCUT2D eigenvalue weighted by molar-refractivity contribution is 7.95. The number of rotatable bonds is 7. The highest BCUT2D eigenvalue weighted by Gasteiger charge is 2.47. The van der Waals surface area contributed by atoms with Crippen LogP contribution in [0.15, 0.2) is 88.2 Å². The monoisotopic (exact) mass is 633 g/mol. The summed E-state index contributed by atoms with van der Waals surface area (Å²) in [6, 6.07) is 17.8. The first kappa shape index (κ1) is 29.8. The number of thiazole rings is 1. The molecule has 3 heterocycles. The third-order valence-electron chi connectivity index (χ3n) is 7.61. The number of hydrogen-bond acceptors (Lipinski definition) is 8. The summed E-state index contributed by atoms with van der Waals surface area (Å²) in [6.45, 7) is 5.47. The second kappa shape index (κ2) is 11.7. The van der Waals surface area contributed by atoms with Gasteiger partial charge in [-0.25, -0.2) is 17.8 Å². The fourth-order valence-corrected chi connectivity index (χ4v) is 8.78. The summed E-state index contributed by atoms with van der Waals surface area (Å²) in [6.07, 6.45) is 0.382. The third kappa shape index (κ3) is 5.94. The number of carbonyl (C=O) groups excluding carboxylic acids is 1. The molecule has 1 unspecified atom stereocenters. The van der Waals surface area contributed by atoms with Crippen molar-refractivity contribution in [3.8, 4) is 11.5 Å². The van der Waals surface area contributed by atoms with Crippen LogP contribution >= 0.6 is 11.3 Å². The molecule has 0 saturated heterocycles. The first-order valence-corrected chi connectivity index (χ1v) is 16.7. The van der Waals surface area contributed by atoms with E-state index in [1.165, 1.54) is 35.3 Å². The molecule has 8 nitrogen and oxygen atoms in total. The first-order valence-electron chi connectivity index (χ1n) is 14.1. The van der Waals surface area contributed by atoms with E-state index in [9.17, 15) is 13.2 Å². The van der Waals surface area contributed by atoms with E-state index in [4.69, 9.17) is 9.47 Å². The van der Waals surface area contributed by atoms with Crippen molar-refractivity contribution in [2.24, 2.45) is 5.41 Å². The summed E-state index contributed by atoms with van der Waals surface area (Å²) in [5, 5.41) is 5.18. The molecule has 1 N–H and O–H groups in total. The van der Waals surface area contributed by atoms with E-state index >= 15 is 4.39 Å². The molecule has 2 aliphatic rings. The summed E-state index contributed by atoms with van der Waals surface area (Å²) >= 11 is 1.43. The molecule has 1 atom stereocenters. The standard InChI is InChI=1S/C33H32FN3O5S2/c1-21(38)37-30(25-13-12-24(14-26(25)34)41-16-22-8-5-4-6-9-22)32-28(15-33(2,3)19-44(32,39)40)36-27-10-7-11-29(31(27)37)42-17-23-18-43-20-35-23/h4-14,18,20,30,36H,15-17,19H2,1-3H3. The highest BCUT2D eigenvalue weighted by atomic mass is 32.2. The molecule has 1 aromatic heterocycles. The number of amides is 1. The van der Waals surface area contributed by atoms with E-state index in [2.05, 4.69) is 10.3 Å². The van der Waals surface area contributed by atoms with Crippen molar-refractivity contribution in [3.63, 3.8) is 0 Å². The van der Waals surface area contributed by atoms with Gasteiger partial charge in [0.25, 0.3) is 0 Å². The number of halogens is 1. The number of benzene rings is 3. The van der Waals surface area contributed by atoms with Gasteiger partial charge < -0.3 is 14.8 Å². The smallest absolute Gasteiger partial charge is 0.224 e. The maximum Gasteiger partial charge on any atom is 0.224 e. The van der Waals surface area contributed by atoms with E-state index in [1.54, 1.807) is 29.8 Å². The van der Waals surface area contributed by atoms with Crippen LogP contribution in [0, 0.1) is 11.2 Å². The molecule has 0 radical (unpaired) electrons. The summed E-state index contributed by atoms with van der Waals surface area (Å²) in [5.74, 6) is -0.691. The predicted octanol–water partition coefficient (Wildman–Crippen LogP) is 7.02. The number of nitrogens with zero attached hydrogens (tertiary/aromatic N) is 2. The Bertz CT molecular complexity index is 1840. The van der Waals surface area contributed by atoms with Gasteiger partial charge in [0.05, 0.1) is 27.5 Å². The van der Waals surface area contributed by atoms with Gasteiger partial charge >= 0.3 is 0 Å². The van der Waals surface area contributed by atoms with Crippen molar-refractivity contribution < 1.29 is 27.1 Å². The summed E-state index contributed by atoms with van der Waals surface area (Å²) < 4.78 is 56.4. The van der Waals surface area contributed by atoms with Crippen LogP contribution in [0.1, 0.15) is 50.1 Å². The Morgan fingerprint density at radius 3 is 2.59 bits per heavy atom. The fraction of sp³-hybridized carbons (Fsp3) is 0.273. The van der Waals surface area contributed by atoms with Gasteiger partial charge in [0, 0.05) is 29.6 Å². The number of fused-ring (bicyclic) bond motifs is 1. The second-order valence-electron chi connectivity index (χ2n) is 11.7. The van der Waals surface area contributed by atoms with Crippen molar-refractivity contribution >= 4 is 38.5 Å². The quantitative estimate of drug-likeness (QED) is 0.234. The van der Waals surface area contributed by atoms with Crippen LogP contribution in [-0.2, 0) is 27.8 Å². The molecule has 6 rings (SSSR count). The lowest BCUT2D eigenvalue weighted by atomic mass is 9.88. The number of ether oxygens (including phenoxy) is 2. The predicted molar refractivity (Wildman–Crippen MR) is 169 cm³/mol. The van der Waals surface area contributed by atoms with Crippen LogP contribution in [0.2, 0.25) is 0 Å². The Hall–Kier alpha value is -4.22. The lowest BCUT2D eigenvalue weighted by Gasteiger charge is -2.37. The maximum absolute atomic E-state index is 16.2. The minimum atomic E-state index is -3.95. The van der Waals surface area contributed by atoms with Crippen LogP contribution in [0.25, 0.3) is 0 Å². The Kier molecular flexibility index (Phi) is 7.93. The number of carbonyl (C=O) groups is 1. The zero-order chi connectivity index (χ0) is 31.1. The van der Waals surface area contributed by atoms with Crippen molar-refractivity contribution in [3.05, 3.63) is 111 Å². The molecule has 0 aliphatic carbocycles. The van der Waals surface area contributed by atoms with Crippen molar-refractivity contribution in [2.75, 3.05) is 16.0 Å². The zero-order valence-corrected chi connectivity index (χ0v) is 26.2. The molecule has 2 aliphatic heterocycles. The molecule has 4 aromatic rings. The molecule has 0 bridgehead atoms. The lowest BCUT2D eigenvalue weighted by Crippen LogP contribution is -2.40. The second-order valence-corrected chi connectivity index (χ2v) is 14.4. The van der Waals surface area contributed by atoms with Gasteiger partial charge in [-0.3, -0.25) is 9.69 Å². The third-order valence-corrected chi connectivity index (χ3v) is 10.6. The number of para-hydroxylation sites is 1. The molecule has 11 heteroatoms. The molecule has 0 spiro atoms. The molecule has 0 fully saturated rings. The summed E-state index contributed by atoms with van der Waals surface area (Å²) in [7, 11) is -3.95. The highest BCUT2D eigenvalue weighted by Crippen LogP contribution is 2.52. The first-order chi connectivity index (χ1) is 21.0. The van der Waals surface area contributed by atoms with Crippen LogP contribution < -0.4 is 19.7 Å². The number of allylic oxidation sites excluding steroid dienone is 1. The zero-order valence-electron chi connectivity index (χ0n) is 24.5. The van der Waals surface area contributed by atoms with Crippen molar-refractivity contribution in [1.29, 1.82) is 0 Å². The van der Waals surface area contributed by atoms with E-state index in [0.717, 1.165) is 5.56 Å². The van der Waals surface area contributed by atoms with Crippen LogP contribution in [0.4, 0.5) is 15.8 Å². The average molecular weight is 634 g/mol. The van der Waals surface area contributed by atoms with Gasteiger partial charge in [-0.15, -0.1) is 11.3 Å². The molecule has 1 amide bonds. The van der Waals surface area contributed by atoms with Crippen LogP contribution in [0.5, 0.6) is 11.5 Å². The molecule has 44 heavy (non-hydrogen) atoms. The Morgan fingerprint density at radius 1 is 1.09 bits per heavy atom. The summed E-state index contributed by atoms with van der Waals surface area (Å²) in [4.78, 5) is 19.2. The van der Waals surface area contributed by atoms with Crippen LogP contribution in [-0.4, -0.2) is 25.1 Å². The Balaban J connectivity index is 1.49. The van der Waals surface area contributed by atoms with E-state index in [1.807, 2.05) is 49.6 Å². The lowest BCUT2D eigenvalue weighted by molar-refractivity contribution is -0.116. The van der Waals surface area contributed by atoms with Crippen LogP contribution in [0.3, 0.4) is 0 Å². The minimum absolute atomic E-state index is 0.0227. The topological polar surface area (TPSA) is 97.8 Å². The molecular formula is C33H32FN3O5S2. The van der Waals surface area contributed by atoms with Gasteiger partial charge in [0.1, 0.15) is 42.3 Å². The van der Waals surface area contributed by atoms with E-state index < -0.39 is 33.0 Å². The van der Waals surface area contributed by atoms with Gasteiger partial charge in [-0.1, -0.05) is 50.2 Å². The number of sulfone groups is 1. The van der Waals surface area contributed by atoms with E-state index in [0.29, 0.717) is 34.9 Å². The number of anilines is 2. The Labute approximate surface area is 260 Å². The molecular weight excluding hydrogens is 602 g/mol. The van der Waals surface area contributed by atoms with Gasteiger partial charge in [-0.05, 0) is 41.7 Å². The van der Waals surface area contributed by atoms with Gasteiger partial charge in [0.2, 0.25) is 5.91 Å². The molecule has 0 saturated carbocycles. The SMILES string of the molecule is CC(=O)N1c2c(cccc2OCc2cscn2)NC2=C(C1c1ccc(OCc3ccccc3)cc1F)S(=O)(=O)CC(C)(C)C2. The number of aromatic nitrogens is 1. The molecule has 228 valence electrons. The fourth-order valence-electron chi connectivity index (χ4n) is 5.87. The average Bonchev–Trinajstić information content (AvgIpc) is 3.43. The van der Waals surface area contributed by atoms with E-state index in [-0.39, 0.29) is 35.2 Å². The van der Waals surface area contributed by atoms with Crippen molar-refractivity contribution in [1.82, 2.24) is 4.98 Å². The van der Waals surface area contributed by atoms with Crippen molar-refractivity contribution in [2.45, 2.75) is 46.4 Å². The summed E-state index contributed by atoms with van der Waals surface area (Å²) in [5.41, 5.74) is 4.01. The molecule has 3 aromatic carbocycles. The normalized spacial score (nSPS) is 18.5. The van der Waals surface area contributed by atoms with Gasteiger partial charge in [0.15, 0.2) is 9.84 Å². The minimum Gasteiger partial charge on any atom is -0.489 e. The largest absolute Gasteiger partial charge is 0.489 e.